The standard InChI is InChI=1S/C9H8ClFO/c1-6-2-3-8(11)7(4-6)9(12)5-10/h2-4H,5H2,1H3. The zero-order chi connectivity index (χ0) is 9.14. The number of Topliss-reactive ketones (excluding diaryl/α,β-unsaturated/α-hetero) is 1. The molecule has 0 unspecified atom stereocenters. The lowest BCUT2D eigenvalue weighted by Gasteiger charge is -2.00. The van der Waals surface area contributed by atoms with Crippen LogP contribution in [0.1, 0.15) is 15.9 Å². The number of hydrogen-bond donors (Lipinski definition) is 0. The smallest absolute Gasteiger partial charge is 0.180 e. The Morgan fingerprint density at radius 1 is 1.58 bits per heavy atom. The van der Waals surface area contributed by atoms with Gasteiger partial charge in [-0.1, -0.05) is 11.6 Å². The maximum absolute atomic E-state index is 12.9. The van der Waals surface area contributed by atoms with Crippen LogP contribution in [0.15, 0.2) is 18.2 Å². The first-order valence-corrected chi connectivity index (χ1v) is 4.04. The third-order valence-electron chi connectivity index (χ3n) is 1.54. The summed E-state index contributed by atoms with van der Waals surface area (Å²) in [7, 11) is 0. The molecule has 0 saturated carbocycles. The number of hydrogen-bond acceptors (Lipinski definition) is 1. The molecule has 64 valence electrons. The molecule has 3 heteroatoms. The van der Waals surface area contributed by atoms with Crippen molar-refractivity contribution < 1.29 is 9.18 Å². The molecule has 0 fully saturated rings. The Hall–Kier alpha value is -0.890. The second-order valence-corrected chi connectivity index (χ2v) is 2.81. The van der Waals surface area contributed by atoms with E-state index < -0.39 is 5.82 Å². The maximum atomic E-state index is 12.9. The van der Waals surface area contributed by atoms with Gasteiger partial charge in [0.25, 0.3) is 0 Å². The fourth-order valence-electron chi connectivity index (χ4n) is 0.925. The minimum absolute atomic E-state index is 0.0741. The summed E-state index contributed by atoms with van der Waals surface area (Å²) in [5.74, 6) is -1.07. The summed E-state index contributed by atoms with van der Waals surface area (Å²) in [5.41, 5.74) is 0.926. The summed E-state index contributed by atoms with van der Waals surface area (Å²) in [6.45, 7) is 1.80. The van der Waals surface area contributed by atoms with Crippen LogP contribution in [-0.2, 0) is 0 Å². The molecule has 0 amide bonds. The number of rotatable bonds is 2. The normalized spacial score (nSPS) is 9.92. The zero-order valence-corrected chi connectivity index (χ0v) is 7.36. The van der Waals surface area contributed by atoms with E-state index in [1.165, 1.54) is 12.1 Å². The molecule has 1 nitrogen and oxygen atoms in total. The lowest BCUT2D eigenvalue weighted by Crippen LogP contribution is -2.03. The predicted molar refractivity (Wildman–Crippen MR) is 46.2 cm³/mol. The Balaban J connectivity index is 3.13. The van der Waals surface area contributed by atoms with Gasteiger partial charge in [-0.3, -0.25) is 4.79 Å². The number of halogens is 2. The molecular formula is C9H8ClFO. The number of carbonyl (C=O) groups is 1. The van der Waals surface area contributed by atoms with Crippen molar-refractivity contribution in [3.63, 3.8) is 0 Å². The Morgan fingerprint density at radius 3 is 2.83 bits per heavy atom. The van der Waals surface area contributed by atoms with Crippen LogP contribution in [0.3, 0.4) is 0 Å². The highest BCUT2D eigenvalue weighted by Gasteiger charge is 2.09. The second kappa shape index (κ2) is 3.68. The van der Waals surface area contributed by atoms with Gasteiger partial charge in [-0.05, 0) is 19.1 Å². The molecular weight excluding hydrogens is 179 g/mol. The van der Waals surface area contributed by atoms with Gasteiger partial charge >= 0.3 is 0 Å². The number of ketones is 1. The van der Waals surface area contributed by atoms with E-state index in [0.29, 0.717) is 0 Å². The van der Waals surface area contributed by atoms with Crippen molar-refractivity contribution in [1.82, 2.24) is 0 Å². The molecule has 0 aliphatic rings. The number of carbonyl (C=O) groups excluding carboxylic acids is 1. The number of benzene rings is 1. The van der Waals surface area contributed by atoms with Crippen LogP contribution in [0.5, 0.6) is 0 Å². The lowest BCUT2D eigenvalue weighted by molar-refractivity contribution is 0.101. The number of alkyl halides is 1. The highest BCUT2D eigenvalue weighted by molar-refractivity contribution is 6.30. The van der Waals surface area contributed by atoms with E-state index in [1.807, 2.05) is 0 Å². The monoisotopic (exact) mass is 186 g/mol. The highest BCUT2D eigenvalue weighted by atomic mass is 35.5. The van der Waals surface area contributed by atoms with E-state index in [2.05, 4.69) is 0 Å². The Morgan fingerprint density at radius 2 is 2.25 bits per heavy atom. The van der Waals surface area contributed by atoms with Crippen molar-refractivity contribution in [3.8, 4) is 0 Å². The molecule has 1 rings (SSSR count). The molecule has 0 atom stereocenters. The average molecular weight is 187 g/mol. The summed E-state index contributed by atoms with van der Waals surface area (Å²) < 4.78 is 12.9. The second-order valence-electron chi connectivity index (χ2n) is 2.54. The van der Waals surface area contributed by atoms with E-state index in [0.717, 1.165) is 5.56 Å². The van der Waals surface area contributed by atoms with Gasteiger partial charge in [-0.25, -0.2) is 4.39 Å². The molecule has 0 radical (unpaired) electrons. The summed E-state index contributed by atoms with van der Waals surface area (Å²) in [6, 6.07) is 4.38. The fraction of sp³-hybridized carbons (Fsp3) is 0.222. The molecule has 0 aromatic heterocycles. The minimum atomic E-state index is -0.508. The zero-order valence-electron chi connectivity index (χ0n) is 6.60. The van der Waals surface area contributed by atoms with Crippen molar-refractivity contribution in [2.24, 2.45) is 0 Å². The first kappa shape index (κ1) is 9.20. The molecule has 1 aromatic carbocycles. The third kappa shape index (κ3) is 1.83. The summed E-state index contributed by atoms with van der Waals surface area (Å²) in [5, 5.41) is 0. The largest absolute Gasteiger partial charge is 0.293 e. The molecule has 0 aliphatic heterocycles. The van der Waals surface area contributed by atoms with E-state index in [1.54, 1.807) is 13.0 Å². The van der Waals surface area contributed by atoms with Crippen molar-refractivity contribution in [2.75, 3.05) is 5.88 Å². The highest BCUT2D eigenvalue weighted by Crippen LogP contribution is 2.11. The van der Waals surface area contributed by atoms with Crippen LogP contribution in [0, 0.1) is 12.7 Å². The SMILES string of the molecule is Cc1ccc(F)c(C(=O)CCl)c1. The third-order valence-corrected chi connectivity index (χ3v) is 1.79. The molecule has 12 heavy (non-hydrogen) atoms. The first-order chi connectivity index (χ1) is 5.65. The maximum Gasteiger partial charge on any atom is 0.180 e. The first-order valence-electron chi connectivity index (χ1n) is 3.50. The molecule has 0 spiro atoms. The fourth-order valence-corrected chi connectivity index (χ4v) is 1.07. The molecule has 0 N–H and O–H groups in total. The topological polar surface area (TPSA) is 17.1 Å². The van der Waals surface area contributed by atoms with E-state index in [9.17, 15) is 9.18 Å². The summed E-state index contributed by atoms with van der Waals surface area (Å²) in [6.07, 6.45) is 0. The van der Waals surface area contributed by atoms with Gasteiger partial charge in [0.2, 0.25) is 0 Å². The lowest BCUT2D eigenvalue weighted by atomic mass is 10.1. The van der Waals surface area contributed by atoms with E-state index >= 15 is 0 Å². The van der Waals surface area contributed by atoms with Gasteiger partial charge in [0.15, 0.2) is 5.78 Å². The predicted octanol–water partition coefficient (Wildman–Crippen LogP) is 2.56. The summed E-state index contributed by atoms with van der Waals surface area (Å²) in [4.78, 5) is 11.0. The van der Waals surface area contributed by atoms with Gasteiger partial charge < -0.3 is 0 Å². The van der Waals surface area contributed by atoms with Crippen LogP contribution in [0.4, 0.5) is 4.39 Å². The molecule has 0 bridgehead atoms. The van der Waals surface area contributed by atoms with Crippen molar-refractivity contribution in [2.45, 2.75) is 6.92 Å². The molecule has 1 aromatic rings. The average Bonchev–Trinajstić information content (AvgIpc) is 2.08. The quantitative estimate of drug-likeness (QED) is 0.513. The van der Waals surface area contributed by atoms with Gasteiger partial charge in [0.1, 0.15) is 5.82 Å². The van der Waals surface area contributed by atoms with Gasteiger partial charge in [0.05, 0.1) is 11.4 Å². The Bertz CT molecular complexity index is 309. The minimum Gasteiger partial charge on any atom is -0.293 e. The summed E-state index contributed by atoms with van der Waals surface area (Å²) >= 11 is 5.29. The van der Waals surface area contributed by atoms with Crippen molar-refractivity contribution >= 4 is 17.4 Å². The molecule has 0 aliphatic carbocycles. The van der Waals surface area contributed by atoms with Crippen LogP contribution in [0.2, 0.25) is 0 Å². The van der Waals surface area contributed by atoms with Crippen molar-refractivity contribution in [1.29, 1.82) is 0 Å². The Kier molecular flexibility index (Phi) is 2.82. The number of aryl methyl sites for hydroxylation is 1. The van der Waals surface area contributed by atoms with Crippen LogP contribution >= 0.6 is 11.6 Å². The van der Waals surface area contributed by atoms with Crippen LogP contribution in [0.25, 0.3) is 0 Å². The van der Waals surface area contributed by atoms with Crippen molar-refractivity contribution in [3.05, 3.63) is 35.1 Å². The van der Waals surface area contributed by atoms with Crippen LogP contribution < -0.4 is 0 Å². The van der Waals surface area contributed by atoms with Crippen LogP contribution in [-0.4, -0.2) is 11.7 Å². The molecule has 0 saturated heterocycles. The van der Waals surface area contributed by atoms with E-state index in [-0.39, 0.29) is 17.2 Å². The van der Waals surface area contributed by atoms with E-state index in [4.69, 9.17) is 11.6 Å². The Labute approximate surface area is 75.2 Å². The van der Waals surface area contributed by atoms with Gasteiger partial charge in [0, 0.05) is 0 Å². The van der Waals surface area contributed by atoms with Gasteiger partial charge in [-0.2, -0.15) is 0 Å². The molecule has 0 heterocycles. The van der Waals surface area contributed by atoms with Gasteiger partial charge in [-0.15, -0.1) is 11.6 Å².